The lowest BCUT2D eigenvalue weighted by Crippen LogP contribution is -2.32. The lowest BCUT2D eigenvalue weighted by molar-refractivity contribution is 0.520. The topological polar surface area (TPSA) is 42.7 Å². The van der Waals surface area contributed by atoms with E-state index in [1.165, 1.54) is 10.6 Å². The zero-order valence-corrected chi connectivity index (χ0v) is 12.7. The van der Waals surface area contributed by atoms with Gasteiger partial charge in [0.25, 0.3) is 0 Å². The average molecular weight is 278 g/mol. The van der Waals surface area contributed by atoms with Gasteiger partial charge in [0.15, 0.2) is 0 Å². The maximum Gasteiger partial charge on any atom is 0.0943 e. The highest BCUT2D eigenvalue weighted by molar-refractivity contribution is 7.09. The molecule has 5 heteroatoms. The lowest BCUT2D eigenvalue weighted by atomic mass is 10.1. The quantitative estimate of drug-likeness (QED) is 0.846. The van der Waals surface area contributed by atoms with Crippen molar-refractivity contribution in [1.82, 2.24) is 20.1 Å². The Hall–Kier alpha value is -1.20. The molecule has 1 atom stereocenters. The summed E-state index contributed by atoms with van der Waals surface area (Å²) in [7, 11) is 0. The Morgan fingerprint density at radius 1 is 1.37 bits per heavy atom. The molecule has 1 N–H and O–H groups in total. The Morgan fingerprint density at radius 3 is 2.79 bits per heavy atom. The van der Waals surface area contributed by atoms with E-state index in [1.807, 2.05) is 17.8 Å². The number of nitrogens with zero attached hydrogens (tertiary/aromatic N) is 3. The molecule has 1 unspecified atom stereocenters. The minimum Gasteiger partial charge on any atom is -0.314 e. The number of aromatic nitrogens is 3. The maximum atomic E-state index is 4.55. The second-order valence-electron chi connectivity index (χ2n) is 4.75. The summed E-state index contributed by atoms with van der Waals surface area (Å²) in [5.41, 5.74) is 2.41. The summed E-state index contributed by atoms with van der Waals surface area (Å²) in [5.74, 6) is 0. The molecule has 0 aliphatic heterocycles. The van der Waals surface area contributed by atoms with Gasteiger partial charge in [0.05, 0.1) is 11.2 Å². The van der Waals surface area contributed by atoms with E-state index < -0.39 is 0 Å². The van der Waals surface area contributed by atoms with Gasteiger partial charge in [-0.2, -0.15) is 5.10 Å². The lowest BCUT2D eigenvalue weighted by Gasteiger charge is -2.15. The van der Waals surface area contributed by atoms with Crippen LogP contribution >= 0.6 is 11.3 Å². The Labute approximate surface area is 118 Å². The molecule has 0 saturated heterocycles. The molecule has 0 radical (unpaired) electrons. The third-order valence-electron chi connectivity index (χ3n) is 3.07. The van der Waals surface area contributed by atoms with E-state index in [0.29, 0.717) is 6.04 Å². The average Bonchev–Trinajstić information content (AvgIpc) is 2.99. The molecule has 0 aromatic carbocycles. The molecule has 0 aliphatic rings. The molecular formula is C14H22N4S. The fraction of sp³-hybridized carbons (Fsp3) is 0.571. The van der Waals surface area contributed by atoms with E-state index in [2.05, 4.69) is 40.8 Å². The van der Waals surface area contributed by atoms with E-state index in [9.17, 15) is 0 Å². The first-order valence-corrected chi connectivity index (χ1v) is 7.75. The Balaban J connectivity index is 1.99. The normalized spacial score (nSPS) is 12.8. The number of hydrogen-bond acceptors (Lipinski definition) is 4. The van der Waals surface area contributed by atoms with Crippen LogP contribution < -0.4 is 5.32 Å². The van der Waals surface area contributed by atoms with Gasteiger partial charge >= 0.3 is 0 Å². The number of likely N-dealkylation sites (N-methyl/N-ethyl adjacent to an activating group) is 1. The van der Waals surface area contributed by atoms with Crippen molar-refractivity contribution in [1.29, 1.82) is 0 Å². The number of thiazole rings is 1. The first-order valence-electron chi connectivity index (χ1n) is 6.87. The van der Waals surface area contributed by atoms with Crippen LogP contribution in [-0.2, 0) is 19.4 Å². The molecule has 0 bridgehead atoms. The molecule has 19 heavy (non-hydrogen) atoms. The van der Waals surface area contributed by atoms with Crippen LogP contribution in [0.3, 0.4) is 0 Å². The molecule has 0 saturated carbocycles. The maximum absolute atomic E-state index is 4.55. The molecule has 0 amide bonds. The Bertz CT molecular complexity index is 503. The molecule has 0 aliphatic carbocycles. The molecule has 2 aromatic rings. The monoisotopic (exact) mass is 278 g/mol. The first-order chi connectivity index (χ1) is 9.21. The van der Waals surface area contributed by atoms with Crippen molar-refractivity contribution in [2.75, 3.05) is 6.54 Å². The van der Waals surface area contributed by atoms with Crippen molar-refractivity contribution in [3.63, 3.8) is 0 Å². The summed E-state index contributed by atoms with van der Waals surface area (Å²) in [6.45, 7) is 8.22. The van der Waals surface area contributed by atoms with E-state index in [1.54, 1.807) is 11.3 Å². The predicted molar refractivity (Wildman–Crippen MR) is 79.6 cm³/mol. The largest absolute Gasteiger partial charge is 0.314 e. The Morgan fingerprint density at radius 2 is 2.21 bits per heavy atom. The number of hydrogen-bond donors (Lipinski definition) is 1. The summed E-state index contributed by atoms with van der Waals surface area (Å²) >= 11 is 1.75. The molecule has 2 aromatic heterocycles. The van der Waals surface area contributed by atoms with Crippen molar-refractivity contribution < 1.29 is 0 Å². The summed E-state index contributed by atoms with van der Waals surface area (Å²) in [5, 5.41) is 11.2. The standard InChI is InChI=1S/C14H22N4S/c1-4-15-13(7-14-17-11(3)10-19-14)6-12-8-16-18(5-2)9-12/h8-10,13,15H,4-7H2,1-3H3. The SMILES string of the molecule is CCNC(Cc1cnn(CC)c1)Cc1nc(C)cs1. The van der Waals surface area contributed by atoms with Crippen LogP contribution in [0.4, 0.5) is 0 Å². The third kappa shape index (κ3) is 4.14. The van der Waals surface area contributed by atoms with Crippen molar-refractivity contribution in [2.45, 2.75) is 46.2 Å². The van der Waals surface area contributed by atoms with E-state index in [-0.39, 0.29) is 0 Å². The molecule has 104 valence electrons. The van der Waals surface area contributed by atoms with Crippen LogP contribution in [-0.4, -0.2) is 27.4 Å². The number of nitrogens with one attached hydrogen (secondary N) is 1. The predicted octanol–water partition coefficient (Wildman–Crippen LogP) is 2.43. The molecule has 0 fully saturated rings. The second kappa shape index (κ2) is 6.82. The van der Waals surface area contributed by atoms with Crippen LogP contribution in [0.25, 0.3) is 0 Å². The minimum atomic E-state index is 0.435. The van der Waals surface area contributed by atoms with Gasteiger partial charge in [0.2, 0.25) is 0 Å². The molecular weight excluding hydrogens is 256 g/mol. The highest BCUT2D eigenvalue weighted by atomic mass is 32.1. The molecule has 4 nitrogen and oxygen atoms in total. The summed E-state index contributed by atoms with van der Waals surface area (Å²) < 4.78 is 1.98. The van der Waals surface area contributed by atoms with Crippen molar-refractivity contribution in [3.8, 4) is 0 Å². The van der Waals surface area contributed by atoms with E-state index in [0.717, 1.165) is 31.6 Å². The molecule has 2 rings (SSSR count). The van der Waals surface area contributed by atoms with Gasteiger partial charge in [0, 0.05) is 36.3 Å². The highest BCUT2D eigenvalue weighted by Gasteiger charge is 2.12. The fourth-order valence-corrected chi connectivity index (χ4v) is 3.04. The Kier molecular flexibility index (Phi) is 5.10. The van der Waals surface area contributed by atoms with Crippen LogP contribution in [0, 0.1) is 6.92 Å². The zero-order chi connectivity index (χ0) is 13.7. The van der Waals surface area contributed by atoms with Gasteiger partial charge in [-0.3, -0.25) is 4.68 Å². The first kappa shape index (κ1) is 14.2. The summed E-state index contributed by atoms with van der Waals surface area (Å²) in [4.78, 5) is 4.55. The van der Waals surface area contributed by atoms with Crippen LogP contribution in [0.2, 0.25) is 0 Å². The van der Waals surface area contributed by atoms with Crippen molar-refractivity contribution in [3.05, 3.63) is 34.0 Å². The number of aryl methyl sites for hydroxylation is 2. The third-order valence-corrected chi connectivity index (χ3v) is 4.06. The second-order valence-corrected chi connectivity index (χ2v) is 5.69. The van der Waals surface area contributed by atoms with Crippen molar-refractivity contribution >= 4 is 11.3 Å². The van der Waals surface area contributed by atoms with Crippen LogP contribution in [0.5, 0.6) is 0 Å². The van der Waals surface area contributed by atoms with E-state index in [4.69, 9.17) is 0 Å². The fourth-order valence-electron chi connectivity index (χ4n) is 2.18. The molecule has 0 spiro atoms. The highest BCUT2D eigenvalue weighted by Crippen LogP contribution is 2.13. The molecule has 2 heterocycles. The van der Waals surface area contributed by atoms with Gasteiger partial charge in [-0.1, -0.05) is 6.92 Å². The van der Waals surface area contributed by atoms with E-state index >= 15 is 0 Å². The van der Waals surface area contributed by atoms with Crippen LogP contribution in [0.15, 0.2) is 17.8 Å². The van der Waals surface area contributed by atoms with Gasteiger partial charge in [-0.05, 0) is 32.4 Å². The van der Waals surface area contributed by atoms with Crippen molar-refractivity contribution in [2.24, 2.45) is 0 Å². The van der Waals surface area contributed by atoms with Gasteiger partial charge < -0.3 is 5.32 Å². The summed E-state index contributed by atoms with van der Waals surface area (Å²) in [6, 6.07) is 0.435. The van der Waals surface area contributed by atoms with Crippen LogP contribution in [0.1, 0.15) is 30.1 Å². The number of rotatable bonds is 7. The van der Waals surface area contributed by atoms with Gasteiger partial charge in [-0.15, -0.1) is 11.3 Å². The van der Waals surface area contributed by atoms with Gasteiger partial charge in [-0.25, -0.2) is 4.98 Å². The van der Waals surface area contributed by atoms with Gasteiger partial charge in [0.1, 0.15) is 0 Å². The zero-order valence-electron chi connectivity index (χ0n) is 11.9. The smallest absolute Gasteiger partial charge is 0.0943 e. The minimum absolute atomic E-state index is 0.435. The summed E-state index contributed by atoms with van der Waals surface area (Å²) in [6.07, 6.45) is 6.11.